The smallest absolute Gasteiger partial charge is 0.227 e. The minimum absolute atomic E-state index is 0. The van der Waals surface area contributed by atoms with Gasteiger partial charge in [0.05, 0.1) is 13.0 Å². The molecule has 3 rings (SSSR count). The Morgan fingerprint density at radius 2 is 1.81 bits per heavy atom. The summed E-state index contributed by atoms with van der Waals surface area (Å²) in [5, 5.41) is 7.08. The molecule has 1 aromatic rings. The van der Waals surface area contributed by atoms with Crippen LogP contribution in [0.3, 0.4) is 0 Å². The lowest BCUT2D eigenvalue weighted by atomic mass is 10.1. The lowest BCUT2D eigenvalue weighted by molar-refractivity contribution is -0.131. The monoisotopic (exact) mass is 575 g/mol. The highest BCUT2D eigenvalue weighted by Crippen LogP contribution is 2.17. The van der Waals surface area contributed by atoms with E-state index in [1.54, 1.807) is 0 Å². The van der Waals surface area contributed by atoms with Crippen molar-refractivity contribution in [3.05, 3.63) is 34.9 Å². The SMILES string of the molecule is CCNC(=NCCC(=O)NC1CCCC1)N1CCN(C(=O)Cc2cccc(Cl)c2)CC1.I. The number of halogens is 2. The minimum atomic E-state index is 0. The first-order chi connectivity index (χ1) is 15.0. The maximum atomic E-state index is 12.6. The highest BCUT2D eigenvalue weighted by Gasteiger charge is 2.23. The molecule has 0 bridgehead atoms. The first-order valence-electron chi connectivity index (χ1n) is 11.4. The number of carbonyl (C=O) groups excluding carboxylic acids is 2. The summed E-state index contributed by atoms with van der Waals surface area (Å²) in [5.74, 6) is 1.02. The Kier molecular flexibility index (Phi) is 11.6. The highest BCUT2D eigenvalue weighted by atomic mass is 127. The maximum absolute atomic E-state index is 12.6. The summed E-state index contributed by atoms with van der Waals surface area (Å²) in [6.07, 6.45) is 5.38. The van der Waals surface area contributed by atoms with E-state index in [1.807, 2.05) is 36.1 Å². The van der Waals surface area contributed by atoms with E-state index in [0.29, 0.717) is 43.5 Å². The van der Waals surface area contributed by atoms with Crippen LogP contribution >= 0.6 is 35.6 Å². The Morgan fingerprint density at radius 1 is 1.12 bits per heavy atom. The van der Waals surface area contributed by atoms with E-state index < -0.39 is 0 Å². The van der Waals surface area contributed by atoms with Gasteiger partial charge in [-0.2, -0.15) is 0 Å². The van der Waals surface area contributed by atoms with Gasteiger partial charge in [-0.05, 0) is 37.5 Å². The predicted octanol–water partition coefficient (Wildman–Crippen LogP) is 3.06. The molecule has 2 aliphatic rings. The largest absolute Gasteiger partial charge is 0.357 e. The molecule has 2 fully saturated rings. The highest BCUT2D eigenvalue weighted by molar-refractivity contribution is 14.0. The molecule has 1 saturated carbocycles. The van der Waals surface area contributed by atoms with Crippen molar-refractivity contribution >= 4 is 53.4 Å². The summed E-state index contributed by atoms with van der Waals surface area (Å²) >= 11 is 6.02. The average Bonchev–Trinajstić information content (AvgIpc) is 3.26. The van der Waals surface area contributed by atoms with Gasteiger partial charge in [-0.25, -0.2) is 0 Å². The van der Waals surface area contributed by atoms with Gasteiger partial charge in [0.15, 0.2) is 5.96 Å². The van der Waals surface area contributed by atoms with E-state index in [-0.39, 0.29) is 35.8 Å². The summed E-state index contributed by atoms with van der Waals surface area (Å²) in [5.41, 5.74) is 0.936. The van der Waals surface area contributed by atoms with Crippen LogP contribution in [-0.2, 0) is 16.0 Å². The number of benzene rings is 1. The van der Waals surface area contributed by atoms with E-state index in [1.165, 1.54) is 12.8 Å². The number of hydrogen-bond donors (Lipinski definition) is 2. The summed E-state index contributed by atoms with van der Waals surface area (Å²) in [7, 11) is 0. The number of nitrogens with one attached hydrogen (secondary N) is 2. The van der Waals surface area contributed by atoms with Gasteiger partial charge < -0.3 is 20.4 Å². The zero-order valence-corrected chi connectivity index (χ0v) is 21.9. The number of rotatable bonds is 7. The van der Waals surface area contributed by atoms with Crippen LogP contribution in [0.2, 0.25) is 5.02 Å². The quantitative estimate of drug-likeness (QED) is 0.298. The maximum Gasteiger partial charge on any atom is 0.227 e. The Labute approximate surface area is 213 Å². The molecule has 1 heterocycles. The van der Waals surface area contributed by atoms with Crippen LogP contribution in [0.5, 0.6) is 0 Å². The molecule has 0 aromatic heterocycles. The van der Waals surface area contributed by atoms with Gasteiger partial charge in [0, 0.05) is 50.2 Å². The molecule has 2 amide bonds. The molecule has 178 valence electrons. The van der Waals surface area contributed by atoms with Gasteiger partial charge in [-0.15, -0.1) is 24.0 Å². The molecule has 1 aliphatic carbocycles. The van der Waals surface area contributed by atoms with Crippen molar-refractivity contribution in [1.29, 1.82) is 0 Å². The third-order valence-corrected chi connectivity index (χ3v) is 6.07. The minimum Gasteiger partial charge on any atom is -0.357 e. The van der Waals surface area contributed by atoms with Crippen LogP contribution in [-0.4, -0.2) is 72.9 Å². The summed E-state index contributed by atoms with van der Waals surface area (Å²) in [6.45, 7) is 6.03. The van der Waals surface area contributed by atoms with Crippen LogP contribution in [0.15, 0.2) is 29.3 Å². The van der Waals surface area contributed by atoms with Crippen molar-refractivity contribution in [1.82, 2.24) is 20.4 Å². The van der Waals surface area contributed by atoms with E-state index in [2.05, 4.69) is 20.5 Å². The average molecular weight is 576 g/mol. The fourth-order valence-electron chi connectivity index (χ4n) is 4.16. The van der Waals surface area contributed by atoms with E-state index in [0.717, 1.165) is 44.0 Å². The van der Waals surface area contributed by atoms with Crippen molar-refractivity contribution in [2.24, 2.45) is 4.99 Å². The normalized spacial score (nSPS) is 17.1. The number of amides is 2. The van der Waals surface area contributed by atoms with Gasteiger partial charge >= 0.3 is 0 Å². The lowest BCUT2D eigenvalue weighted by Crippen LogP contribution is -2.54. The summed E-state index contributed by atoms with van der Waals surface area (Å²) in [4.78, 5) is 33.5. The van der Waals surface area contributed by atoms with Crippen molar-refractivity contribution in [3.63, 3.8) is 0 Å². The van der Waals surface area contributed by atoms with E-state index >= 15 is 0 Å². The van der Waals surface area contributed by atoms with Crippen molar-refractivity contribution in [2.45, 2.75) is 51.5 Å². The molecular formula is C23H35ClIN5O2. The number of guanidine groups is 1. The van der Waals surface area contributed by atoms with Crippen molar-refractivity contribution in [2.75, 3.05) is 39.3 Å². The van der Waals surface area contributed by atoms with Crippen LogP contribution in [0.4, 0.5) is 0 Å². The zero-order chi connectivity index (χ0) is 22.1. The standard InChI is InChI=1S/C23H34ClN5O2.HI/c1-2-25-23(26-11-10-21(30)27-20-8-3-4-9-20)29-14-12-28(13-15-29)22(31)17-18-6-5-7-19(24)16-18;/h5-7,16,20H,2-4,8-15,17H2,1H3,(H,25,26)(H,27,30);1H. The Balaban J connectivity index is 0.00000363. The molecule has 0 radical (unpaired) electrons. The second-order valence-electron chi connectivity index (χ2n) is 8.21. The van der Waals surface area contributed by atoms with Gasteiger partial charge in [0.25, 0.3) is 0 Å². The number of piperazine rings is 1. The molecule has 0 unspecified atom stereocenters. The van der Waals surface area contributed by atoms with Crippen molar-refractivity contribution in [3.8, 4) is 0 Å². The first kappa shape index (κ1) is 26.7. The molecule has 1 saturated heterocycles. The molecular weight excluding hydrogens is 541 g/mol. The van der Waals surface area contributed by atoms with E-state index in [4.69, 9.17) is 11.6 Å². The third kappa shape index (κ3) is 8.42. The molecule has 0 atom stereocenters. The number of aliphatic imine (C=N–C) groups is 1. The van der Waals surface area contributed by atoms with Crippen LogP contribution in [0.25, 0.3) is 0 Å². The van der Waals surface area contributed by atoms with Gasteiger partial charge in [-0.3, -0.25) is 14.6 Å². The molecule has 1 aromatic carbocycles. The number of carbonyl (C=O) groups is 2. The molecule has 1 aliphatic heterocycles. The van der Waals surface area contributed by atoms with Gasteiger partial charge in [0.2, 0.25) is 11.8 Å². The lowest BCUT2D eigenvalue weighted by Gasteiger charge is -2.36. The molecule has 0 spiro atoms. The topological polar surface area (TPSA) is 77.0 Å². The Hall–Kier alpha value is -1.55. The van der Waals surface area contributed by atoms with Gasteiger partial charge in [0.1, 0.15) is 0 Å². The number of hydrogen-bond acceptors (Lipinski definition) is 3. The second kappa shape index (κ2) is 13.9. The molecule has 32 heavy (non-hydrogen) atoms. The zero-order valence-electron chi connectivity index (χ0n) is 18.8. The molecule has 2 N–H and O–H groups in total. The predicted molar refractivity (Wildman–Crippen MR) is 140 cm³/mol. The second-order valence-corrected chi connectivity index (χ2v) is 8.65. The number of nitrogens with zero attached hydrogens (tertiary/aromatic N) is 3. The summed E-state index contributed by atoms with van der Waals surface area (Å²) in [6, 6.07) is 7.81. The third-order valence-electron chi connectivity index (χ3n) is 5.83. The van der Waals surface area contributed by atoms with Gasteiger partial charge in [-0.1, -0.05) is 36.6 Å². The summed E-state index contributed by atoms with van der Waals surface area (Å²) < 4.78 is 0. The van der Waals surface area contributed by atoms with Crippen LogP contribution < -0.4 is 10.6 Å². The van der Waals surface area contributed by atoms with Crippen molar-refractivity contribution < 1.29 is 9.59 Å². The van der Waals surface area contributed by atoms with E-state index in [9.17, 15) is 9.59 Å². The van der Waals surface area contributed by atoms with Crippen LogP contribution in [0.1, 0.15) is 44.6 Å². The fraction of sp³-hybridized carbons (Fsp3) is 0.609. The Bertz CT molecular complexity index is 777. The molecule has 9 heteroatoms. The fourth-order valence-corrected chi connectivity index (χ4v) is 4.37. The van der Waals surface area contributed by atoms with Crippen LogP contribution in [0, 0.1) is 0 Å². The Morgan fingerprint density at radius 3 is 2.47 bits per heavy atom. The first-order valence-corrected chi connectivity index (χ1v) is 11.8. The molecule has 7 nitrogen and oxygen atoms in total.